The lowest BCUT2D eigenvalue weighted by molar-refractivity contribution is -0.162. The number of nitrogens with zero attached hydrogens (tertiary/aromatic N) is 5. The smallest absolute Gasteiger partial charge is 0.260 e. The molecule has 2 aliphatic rings. The highest BCUT2D eigenvalue weighted by Crippen LogP contribution is 2.41. The second kappa shape index (κ2) is 9.79. The number of nitrogens with one attached hydrogen (secondary N) is 1. The van der Waals surface area contributed by atoms with Gasteiger partial charge in [-0.1, -0.05) is 6.07 Å². The topological polar surface area (TPSA) is 141 Å². The van der Waals surface area contributed by atoms with Gasteiger partial charge in [0, 0.05) is 32.1 Å². The van der Waals surface area contributed by atoms with Crippen molar-refractivity contribution in [3.63, 3.8) is 0 Å². The fraction of sp³-hybridized carbons (Fsp3) is 0.545. The van der Waals surface area contributed by atoms with E-state index in [1.165, 1.54) is 25.3 Å². The molecule has 0 aromatic carbocycles. The SMILES string of the molecule is CC1(O)CC(F)(F)CCC1Oc1nc(NC2CCN(S(=O)(=O)c3ccccn3)CC2F)ncc1C#N. The van der Waals surface area contributed by atoms with Crippen LogP contribution in [0, 0.1) is 11.3 Å². The Morgan fingerprint density at radius 1 is 1.31 bits per heavy atom. The van der Waals surface area contributed by atoms with Crippen LogP contribution in [0.5, 0.6) is 5.88 Å². The van der Waals surface area contributed by atoms with Gasteiger partial charge in [-0.3, -0.25) is 0 Å². The lowest BCUT2D eigenvalue weighted by Gasteiger charge is -2.40. The molecule has 4 atom stereocenters. The van der Waals surface area contributed by atoms with Gasteiger partial charge in [0.05, 0.1) is 12.2 Å². The fourth-order valence-electron chi connectivity index (χ4n) is 4.36. The van der Waals surface area contributed by atoms with Crippen molar-refractivity contribution in [1.29, 1.82) is 5.26 Å². The van der Waals surface area contributed by atoms with Gasteiger partial charge in [-0.2, -0.15) is 14.6 Å². The number of hydrogen-bond acceptors (Lipinski definition) is 9. The number of anilines is 1. The summed E-state index contributed by atoms with van der Waals surface area (Å²) in [7, 11) is -3.95. The molecule has 2 fully saturated rings. The minimum atomic E-state index is -3.95. The molecule has 2 aromatic heterocycles. The van der Waals surface area contributed by atoms with E-state index in [1.807, 2.05) is 6.07 Å². The summed E-state index contributed by atoms with van der Waals surface area (Å²) >= 11 is 0. The molecule has 0 radical (unpaired) electrons. The molecule has 1 aliphatic carbocycles. The first-order valence-corrected chi connectivity index (χ1v) is 12.7. The predicted molar refractivity (Wildman–Crippen MR) is 121 cm³/mol. The van der Waals surface area contributed by atoms with Crippen LogP contribution in [0.15, 0.2) is 35.6 Å². The van der Waals surface area contributed by atoms with Crippen molar-refractivity contribution < 1.29 is 31.4 Å². The molecule has 4 rings (SSSR count). The van der Waals surface area contributed by atoms with Crippen LogP contribution >= 0.6 is 0 Å². The van der Waals surface area contributed by atoms with Gasteiger partial charge in [0.2, 0.25) is 11.8 Å². The summed E-state index contributed by atoms with van der Waals surface area (Å²) in [6.45, 7) is 0.850. The predicted octanol–water partition coefficient (Wildman–Crippen LogP) is 2.27. The number of sulfonamides is 1. The zero-order chi connectivity index (χ0) is 26.1. The first kappa shape index (κ1) is 26.1. The zero-order valence-electron chi connectivity index (χ0n) is 19.3. The number of aromatic nitrogens is 3. The van der Waals surface area contributed by atoms with Crippen LogP contribution in [0.1, 0.15) is 38.2 Å². The van der Waals surface area contributed by atoms with Gasteiger partial charge in [-0.25, -0.2) is 31.6 Å². The number of hydrogen-bond donors (Lipinski definition) is 2. The molecule has 1 saturated carbocycles. The quantitative estimate of drug-likeness (QED) is 0.580. The van der Waals surface area contributed by atoms with Gasteiger partial charge in [0.15, 0.2) is 5.03 Å². The molecular weight excluding hydrogens is 501 g/mol. The van der Waals surface area contributed by atoms with Gasteiger partial charge in [0.25, 0.3) is 15.9 Å². The highest BCUT2D eigenvalue weighted by Gasteiger charge is 2.49. The Hall–Kier alpha value is -3.02. The maximum Gasteiger partial charge on any atom is 0.260 e. The average molecular weight is 527 g/mol. The van der Waals surface area contributed by atoms with Gasteiger partial charge in [-0.15, -0.1) is 0 Å². The fourth-order valence-corrected chi connectivity index (χ4v) is 5.75. The number of halogens is 3. The normalized spacial score (nSPS) is 28.7. The Morgan fingerprint density at radius 2 is 2.08 bits per heavy atom. The van der Waals surface area contributed by atoms with Crippen molar-refractivity contribution >= 4 is 16.0 Å². The maximum atomic E-state index is 15.0. The van der Waals surface area contributed by atoms with Crippen molar-refractivity contribution in [2.45, 2.75) is 67.5 Å². The maximum absolute atomic E-state index is 15.0. The summed E-state index contributed by atoms with van der Waals surface area (Å²) in [6.07, 6.45) is -1.52. The highest BCUT2D eigenvalue weighted by molar-refractivity contribution is 7.89. The van der Waals surface area contributed by atoms with Crippen LogP contribution in [-0.4, -0.2) is 75.7 Å². The molecule has 194 valence electrons. The number of alkyl halides is 3. The largest absolute Gasteiger partial charge is 0.470 e. The van der Waals surface area contributed by atoms with E-state index in [9.17, 15) is 32.0 Å². The van der Waals surface area contributed by atoms with Crippen LogP contribution in [0.25, 0.3) is 0 Å². The number of pyridine rings is 1. The molecule has 1 aliphatic heterocycles. The van der Waals surface area contributed by atoms with E-state index in [1.54, 1.807) is 6.07 Å². The van der Waals surface area contributed by atoms with Crippen molar-refractivity contribution in [1.82, 2.24) is 19.3 Å². The monoisotopic (exact) mass is 526 g/mol. The van der Waals surface area contributed by atoms with E-state index in [-0.39, 0.29) is 41.8 Å². The summed E-state index contributed by atoms with van der Waals surface area (Å²) in [5.41, 5.74) is -1.94. The molecule has 10 nitrogen and oxygen atoms in total. The highest BCUT2D eigenvalue weighted by atomic mass is 32.2. The third-order valence-corrected chi connectivity index (χ3v) is 8.05. The minimum absolute atomic E-state index is 0.0236. The van der Waals surface area contributed by atoms with E-state index in [4.69, 9.17) is 4.74 Å². The van der Waals surface area contributed by atoms with Crippen LogP contribution < -0.4 is 10.1 Å². The Morgan fingerprint density at radius 3 is 2.72 bits per heavy atom. The lowest BCUT2D eigenvalue weighted by Crippen LogP contribution is -2.51. The summed E-state index contributed by atoms with van der Waals surface area (Å²) in [5.74, 6) is -3.34. The van der Waals surface area contributed by atoms with E-state index in [2.05, 4.69) is 20.3 Å². The van der Waals surface area contributed by atoms with Crippen molar-refractivity contribution in [2.24, 2.45) is 0 Å². The summed E-state index contributed by atoms with van der Waals surface area (Å²) in [6, 6.07) is 5.45. The van der Waals surface area contributed by atoms with Gasteiger partial charge < -0.3 is 15.2 Å². The summed E-state index contributed by atoms with van der Waals surface area (Å²) in [5, 5.41) is 22.5. The van der Waals surface area contributed by atoms with Crippen molar-refractivity contribution in [2.75, 3.05) is 18.4 Å². The molecule has 0 amide bonds. The Bertz CT molecular complexity index is 1240. The average Bonchev–Trinajstić information content (AvgIpc) is 2.82. The van der Waals surface area contributed by atoms with E-state index >= 15 is 0 Å². The molecule has 36 heavy (non-hydrogen) atoms. The second-order valence-electron chi connectivity index (χ2n) is 9.15. The van der Waals surface area contributed by atoms with Gasteiger partial charge >= 0.3 is 0 Å². The standard InChI is InChI=1S/C22H25F3N6O4S/c1-21(32)13-22(24,25)7-5-17(21)35-19-14(10-26)11-28-20(30-19)29-16-6-9-31(12-15(16)23)36(33,34)18-4-2-3-8-27-18/h2-4,8,11,15-17,32H,5-7,9,12-13H2,1H3,(H,28,29,30). The number of rotatable bonds is 6. The number of piperidine rings is 1. The van der Waals surface area contributed by atoms with E-state index in [0.29, 0.717) is 0 Å². The van der Waals surface area contributed by atoms with E-state index in [0.717, 1.165) is 10.5 Å². The van der Waals surface area contributed by atoms with Crippen LogP contribution in [0.3, 0.4) is 0 Å². The summed E-state index contributed by atoms with van der Waals surface area (Å²) in [4.78, 5) is 11.9. The van der Waals surface area contributed by atoms with Crippen LogP contribution in [-0.2, 0) is 10.0 Å². The Labute approximate surface area is 206 Å². The minimum Gasteiger partial charge on any atom is -0.470 e. The molecule has 1 saturated heterocycles. The Balaban J connectivity index is 1.45. The first-order valence-electron chi connectivity index (χ1n) is 11.3. The number of ether oxygens (including phenoxy) is 1. The molecule has 0 spiro atoms. The lowest BCUT2D eigenvalue weighted by atomic mass is 9.81. The zero-order valence-corrected chi connectivity index (χ0v) is 20.1. The molecule has 2 aromatic rings. The van der Waals surface area contributed by atoms with Gasteiger partial charge in [-0.05, 0) is 31.9 Å². The first-order chi connectivity index (χ1) is 16.9. The molecule has 2 N–H and O–H groups in total. The molecule has 3 heterocycles. The Kier molecular flexibility index (Phi) is 7.09. The van der Waals surface area contributed by atoms with E-state index < -0.39 is 59.3 Å². The van der Waals surface area contributed by atoms with Gasteiger partial charge in [0.1, 0.15) is 29.5 Å². The molecule has 0 bridgehead atoms. The number of aliphatic hydroxyl groups is 1. The van der Waals surface area contributed by atoms with Crippen LogP contribution in [0.2, 0.25) is 0 Å². The van der Waals surface area contributed by atoms with Crippen LogP contribution in [0.4, 0.5) is 19.1 Å². The third-order valence-electron chi connectivity index (χ3n) is 6.27. The van der Waals surface area contributed by atoms with Crippen molar-refractivity contribution in [3.05, 3.63) is 36.2 Å². The summed E-state index contributed by atoms with van der Waals surface area (Å²) < 4.78 is 74.6. The second-order valence-corrected chi connectivity index (χ2v) is 11.0. The number of nitriles is 1. The molecule has 14 heteroatoms. The van der Waals surface area contributed by atoms with Crippen molar-refractivity contribution in [3.8, 4) is 11.9 Å². The molecular formula is C22H25F3N6O4S. The third kappa shape index (κ3) is 5.53. The molecule has 4 unspecified atom stereocenters.